The Labute approximate surface area is 118 Å². The summed E-state index contributed by atoms with van der Waals surface area (Å²) < 4.78 is 34.5. The molecule has 1 aliphatic heterocycles. The van der Waals surface area contributed by atoms with Gasteiger partial charge in [0.05, 0.1) is 10.0 Å². The highest BCUT2D eigenvalue weighted by molar-refractivity contribution is 7.87. The summed E-state index contributed by atoms with van der Waals surface area (Å²) in [6, 6.07) is 2.52. The fourth-order valence-electron chi connectivity index (χ4n) is 1.82. The molecule has 104 valence electrons. The lowest BCUT2D eigenvalue weighted by molar-refractivity contribution is -0.117. The molecule has 1 saturated heterocycles. The summed E-state index contributed by atoms with van der Waals surface area (Å²) in [4.78, 5) is 12.8. The van der Waals surface area contributed by atoms with Gasteiger partial charge in [0.25, 0.3) is 0 Å². The van der Waals surface area contributed by atoms with Gasteiger partial charge in [0, 0.05) is 18.7 Å². The molecule has 1 atom stereocenters. The van der Waals surface area contributed by atoms with Gasteiger partial charge in [0.1, 0.15) is 5.25 Å². The number of halogens is 3. The fraction of sp³-hybridized carbons (Fsp3) is 0.300. The van der Waals surface area contributed by atoms with E-state index in [4.69, 9.17) is 23.2 Å². The van der Waals surface area contributed by atoms with Crippen LogP contribution in [0.3, 0.4) is 0 Å². The third-order valence-electron chi connectivity index (χ3n) is 2.80. The molecule has 1 N–H and O–H groups in total. The average Bonchev–Trinajstić information content (AvgIpc) is 2.67. The summed E-state index contributed by atoms with van der Waals surface area (Å²) >= 11 is 11.4. The Morgan fingerprint density at radius 1 is 1.32 bits per heavy atom. The average molecular weight is 328 g/mol. The van der Waals surface area contributed by atoms with Gasteiger partial charge in [-0.1, -0.05) is 23.2 Å². The lowest BCUT2D eigenvalue weighted by Gasteiger charge is -2.17. The summed E-state index contributed by atoms with van der Waals surface area (Å²) in [5.41, 5.74) is 0.212. The first-order valence-corrected chi connectivity index (χ1v) is 7.32. The molecular formula is C10H8Cl2FNO4S. The molecule has 1 amide bonds. The molecule has 2 rings (SSSR count). The van der Waals surface area contributed by atoms with Crippen molar-refractivity contribution in [2.45, 2.75) is 11.7 Å². The van der Waals surface area contributed by atoms with Crippen molar-refractivity contribution < 1.29 is 22.2 Å². The van der Waals surface area contributed by atoms with Crippen LogP contribution >= 0.6 is 23.2 Å². The van der Waals surface area contributed by atoms with E-state index in [1.165, 1.54) is 12.1 Å². The molecule has 1 aromatic carbocycles. The molecule has 1 unspecified atom stereocenters. The molecule has 0 bridgehead atoms. The van der Waals surface area contributed by atoms with Gasteiger partial charge in [-0.3, -0.25) is 4.79 Å². The zero-order valence-electron chi connectivity index (χ0n) is 9.31. The van der Waals surface area contributed by atoms with E-state index in [-0.39, 0.29) is 28.0 Å². The minimum absolute atomic E-state index is 0.0816. The number of carbonyl (C=O) groups excluding carboxylic acids is 1. The van der Waals surface area contributed by atoms with Crippen LogP contribution in [0.4, 0.5) is 9.57 Å². The minimum atomic E-state index is -4.78. The Morgan fingerprint density at radius 2 is 1.84 bits per heavy atom. The molecule has 1 fully saturated rings. The van der Waals surface area contributed by atoms with Gasteiger partial charge in [-0.25, -0.2) is 0 Å². The van der Waals surface area contributed by atoms with Crippen molar-refractivity contribution in [3.05, 3.63) is 22.2 Å². The Bertz CT molecular complexity index is 626. The van der Waals surface area contributed by atoms with Crippen LogP contribution in [0.15, 0.2) is 12.1 Å². The van der Waals surface area contributed by atoms with Gasteiger partial charge >= 0.3 is 10.2 Å². The van der Waals surface area contributed by atoms with E-state index in [9.17, 15) is 22.2 Å². The summed E-state index contributed by atoms with van der Waals surface area (Å²) in [7, 11) is -4.78. The van der Waals surface area contributed by atoms with Crippen molar-refractivity contribution in [3.63, 3.8) is 0 Å². The molecule has 0 radical (unpaired) electrons. The summed E-state index contributed by atoms with van der Waals surface area (Å²) in [5, 5.41) is 7.84. The van der Waals surface area contributed by atoms with Crippen LogP contribution in [-0.4, -0.2) is 31.2 Å². The number of hydrogen-bond acceptors (Lipinski definition) is 4. The number of carbonyl (C=O) groups is 1. The highest BCUT2D eigenvalue weighted by Crippen LogP contribution is 2.37. The highest BCUT2D eigenvalue weighted by atomic mass is 35.5. The molecule has 1 aromatic rings. The maximum absolute atomic E-state index is 12.9. The lowest BCUT2D eigenvalue weighted by Crippen LogP contribution is -2.26. The third-order valence-corrected chi connectivity index (χ3v) is 4.49. The first-order valence-electron chi connectivity index (χ1n) is 5.12. The minimum Gasteiger partial charge on any atom is -0.505 e. The highest BCUT2D eigenvalue weighted by Gasteiger charge is 2.39. The van der Waals surface area contributed by atoms with Crippen molar-refractivity contribution in [1.82, 2.24) is 0 Å². The van der Waals surface area contributed by atoms with Gasteiger partial charge < -0.3 is 10.0 Å². The second kappa shape index (κ2) is 4.81. The number of hydrogen-bond donors (Lipinski definition) is 1. The van der Waals surface area contributed by atoms with Gasteiger partial charge in [-0.15, -0.1) is 3.89 Å². The van der Waals surface area contributed by atoms with Gasteiger partial charge in [0.15, 0.2) is 5.75 Å². The van der Waals surface area contributed by atoms with Crippen LogP contribution in [0, 0.1) is 0 Å². The molecule has 0 aliphatic carbocycles. The van der Waals surface area contributed by atoms with Gasteiger partial charge in [-0.2, -0.15) is 8.42 Å². The summed E-state index contributed by atoms with van der Waals surface area (Å²) in [6.07, 6.45) is -0.436. The van der Waals surface area contributed by atoms with E-state index in [2.05, 4.69) is 0 Å². The normalized spacial score (nSPS) is 20.1. The number of aromatic hydroxyl groups is 1. The zero-order chi connectivity index (χ0) is 14.4. The second-order valence-corrected chi connectivity index (χ2v) is 6.50. The van der Waals surface area contributed by atoms with Crippen molar-refractivity contribution in [2.24, 2.45) is 0 Å². The molecule has 9 heteroatoms. The van der Waals surface area contributed by atoms with E-state index < -0.39 is 27.8 Å². The number of phenolic OH excluding ortho intramolecular Hbond substituents is 1. The number of phenols is 1. The molecule has 5 nitrogen and oxygen atoms in total. The van der Waals surface area contributed by atoms with Crippen LogP contribution in [0.1, 0.15) is 6.42 Å². The molecule has 0 saturated carbocycles. The standard InChI is InChI=1S/C10H8Cl2FNO4S/c11-7-1-5(2-8(12)10(7)16)14-4-6(3-9(14)15)19(13,17)18/h1-2,6,16H,3-4H2. The molecule has 0 aromatic heterocycles. The van der Waals surface area contributed by atoms with Crippen molar-refractivity contribution >= 4 is 45.0 Å². The molecule has 1 aliphatic rings. The maximum atomic E-state index is 12.9. The number of nitrogens with zero attached hydrogens (tertiary/aromatic N) is 1. The van der Waals surface area contributed by atoms with E-state index in [0.29, 0.717) is 0 Å². The maximum Gasteiger partial charge on any atom is 0.307 e. The topological polar surface area (TPSA) is 74.7 Å². The molecular weight excluding hydrogens is 320 g/mol. The van der Waals surface area contributed by atoms with E-state index in [1.54, 1.807) is 0 Å². The monoisotopic (exact) mass is 327 g/mol. The lowest BCUT2D eigenvalue weighted by atomic mass is 10.2. The zero-order valence-corrected chi connectivity index (χ0v) is 11.6. The van der Waals surface area contributed by atoms with E-state index in [0.717, 1.165) is 4.90 Å². The fourth-order valence-corrected chi connectivity index (χ4v) is 2.97. The first-order chi connectivity index (χ1) is 8.70. The predicted molar refractivity (Wildman–Crippen MR) is 68.9 cm³/mol. The van der Waals surface area contributed by atoms with Crippen LogP contribution in [-0.2, 0) is 15.0 Å². The second-order valence-electron chi connectivity index (χ2n) is 4.06. The summed E-state index contributed by atoms with van der Waals surface area (Å²) in [6.45, 7) is -0.310. The Hall–Kier alpha value is -1.05. The van der Waals surface area contributed by atoms with E-state index in [1.807, 2.05) is 0 Å². The van der Waals surface area contributed by atoms with Crippen molar-refractivity contribution in [3.8, 4) is 5.75 Å². The smallest absolute Gasteiger partial charge is 0.307 e. The quantitative estimate of drug-likeness (QED) is 0.844. The Balaban J connectivity index is 2.36. The molecule has 1 heterocycles. The number of amides is 1. The van der Waals surface area contributed by atoms with Gasteiger partial charge in [0.2, 0.25) is 5.91 Å². The van der Waals surface area contributed by atoms with Crippen molar-refractivity contribution in [2.75, 3.05) is 11.4 Å². The number of rotatable bonds is 2. The Kier molecular flexibility index (Phi) is 3.63. The van der Waals surface area contributed by atoms with E-state index >= 15 is 0 Å². The number of benzene rings is 1. The Morgan fingerprint density at radius 3 is 2.26 bits per heavy atom. The third kappa shape index (κ3) is 2.77. The predicted octanol–water partition coefficient (Wildman–Crippen LogP) is 2.10. The van der Waals surface area contributed by atoms with Crippen LogP contribution < -0.4 is 4.90 Å². The van der Waals surface area contributed by atoms with Crippen molar-refractivity contribution in [1.29, 1.82) is 0 Å². The van der Waals surface area contributed by atoms with Crippen LogP contribution in [0.5, 0.6) is 5.75 Å². The van der Waals surface area contributed by atoms with Gasteiger partial charge in [-0.05, 0) is 12.1 Å². The van der Waals surface area contributed by atoms with Crippen LogP contribution in [0.25, 0.3) is 0 Å². The first kappa shape index (κ1) is 14.4. The number of anilines is 1. The van der Waals surface area contributed by atoms with Crippen LogP contribution in [0.2, 0.25) is 10.0 Å². The molecule has 19 heavy (non-hydrogen) atoms. The summed E-state index contributed by atoms with van der Waals surface area (Å²) in [5.74, 6) is -0.891. The largest absolute Gasteiger partial charge is 0.505 e. The molecule has 0 spiro atoms. The SMILES string of the molecule is O=C1CC(S(=O)(=O)F)CN1c1cc(Cl)c(O)c(Cl)c1.